The highest BCUT2D eigenvalue weighted by Crippen LogP contribution is 2.20. The van der Waals surface area contributed by atoms with E-state index < -0.39 is 0 Å². The second kappa shape index (κ2) is 9.05. The van der Waals surface area contributed by atoms with Gasteiger partial charge in [0.1, 0.15) is 6.04 Å². The van der Waals surface area contributed by atoms with Crippen LogP contribution in [0.2, 0.25) is 5.02 Å². The number of carbonyl (C=O) groups is 1. The van der Waals surface area contributed by atoms with Crippen molar-refractivity contribution in [2.45, 2.75) is 32.9 Å². The van der Waals surface area contributed by atoms with Crippen LogP contribution >= 0.6 is 11.6 Å². The molecule has 0 aliphatic carbocycles. The maximum atomic E-state index is 13.2. The number of carbonyl (C=O) groups excluding carboxylic acids is 1. The average molecular weight is 394 g/mol. The van der Waals surface area contributed by atoms with E-state index >= 15 is 0 Å². The molecule has 3 rings (SSSR count). The molecule has 0 saturated carbocycles. The average Bonchev–Trinajstić information content (AvgIpc) is 2.70. The number of nitrogens with two attached hydrogens (primary N) is 1. The van der Waals surface area contributed by atoms with Crippen molar-refractivity contribution in [1.82, 2.24) is 0 Å². The normalized spacial score (nSPS) is 13.0. The Morgan fingerprint density at radius 1 is 0.929 bits per heavy atom. The summed E-state index contributed by atoms with van der Waals surface area (Å²) in [4.78, 5) is 13.2. The van der Waals surface area contributed by atoms with Crippen LogP contribution in [0.1, 0.15) is 41.3 Å². The number of halogens is 1. The Kier molecular flexibility index (Phi) is 6.50. The smallest absolute Gasteiger partial charge is 0.287 e. The van der Waals surface area contributed by atoms with Crippen molar-refractivity contribution in [3.05, 3.63) is 100 Å². The largest absolute Gasteiger partial charge is 0.326 e. The molecule has 0 spiro atoms. The van der Waals surface area contributed by atoms with E-state index in [-0.39, 0.29) is 18.0 Å². The van der Waals surface area contributed by atoms with E-state index in [0.29, 0.717) is 5.02 Å². The first-order valence-electron chi connectivity index (χ1n) is 9.47. The fourth-order valence-electron chi connectivity index (χ4n) is 3.26. The van der Waals surface area contributed by atoms with E-state index in [9.17, 15) is 4.79 Å². The summed E-state index contributed by atoms with van der Waals surface area (Å²) >= 11 is 6.01. The summed E-state index contributed by atoms with van der Waals surface area (Å²) in [5, 5.41) is 5.93. The van der Waals surface area contributed by atoms with Gasteiger partial charge < -0.3 is 10.6 Å². The Morgan fingerprint density at radius 2 is 1.61 bits per heavy atom. The number of hydrogen-bond acceptors (Lipinski definition) is 1. The third kappa shape index (κ3) is 5.00. The fourth-order valence-corrected chi connectivity index (χ4v) is 3.38. The van der Waals surface area contributed by atoms with Crippen molar-refractivity contribution in [3.63, 3.8) is 0 Å². The SMILES string of the molecule is Cc1ccc(C)c(NC(=O)[C@@H]([NH2+][C@H](C)c2ccc(Cl)cc2)c2ccccc2)c1. The highest BCUT2D eigenvalue weighted by atomic mass is 35.5. The van der Waals surface area contributed by atoms with Crippen LogP contribution in [0.5, 0.6) is 0 Å². The maximum Gasteiger partial charge on any atom is 0.287 e. The van der Waals surface area contributed by atoms with Crippen LogP contribution in [0.4, 0.5) is 5.69 Å². The topological polar surface area (TPSA) is 45.7 Å². The molecule has 0 unspecified atom stereocenters. The highest BCUT2D eigenvalue weighted by molar-refractivity contribution is 6.30. The van der Waals surface area contributed by atoms with Crippen LogP contribution in [0, 0.1) is 13.8 Å². The molecule has 3 N–H and O–H groups in total. The molecule has 1 amide bonds. The molecule has 0 aliphatic heterocycles. The van der Waals surface area contributed by atoms with E-state index in [0.717, 1.165) is 27.9 Å². The molecule has 0 radical (unpaired) electrons. The molecule has 2 atom stereocenters. The quantitative estimate of drug-likeness (QED) is 0.610. The molecule has 0 bridgehead atoms. The summed E-state index contributed by atoms with van der Waals surface area (Å²) in [6.45, 7) is 6.13. The van der Waals surface area contributed by atoms with Crippen molar-refractivity contribution >= 4 is 23.2 Å². The molecule has 4 heteroatoms. The van der Waals surface area contributed by atoms with Crippen LogP contribution in [-0.2, 0) is 4.79 Å². The van der Waals surface area contributed by atoms with Crippen molar-refractivity contribution < 1.29 is 10.1 Å². The number of amides is 1. The van der Waals surface area contributed by atoms with Crippen LogP contribution in [-0.4, -0.2) is 5.91 Å². The Balaban J connectivity index is 1.85. The van der Waals surface area contributed by atoms with Crippen LogP contribution < -0.4 is 10.6 Å². The number of hydrogen-bond donors (Lipinski definition) is 2. The summed E-state index contributed by atoms with van der Waals surface area (Å²) < 4.78 is 0. The Bertz CT molecular complexity index is 939. The van der Waals surface area contributed by atoms with E-state index in [1.807, 2.05) is 80.6 Å². The minimum absolute atomic E-state index is 0.0271. The number of anilines is 1. The number of aryl methyl sites for hydroxylation is 2. The lowest BCUT2D eigenvalue weighted by Gasteiger charge is -2.21. The zero-order chi connectivity index (χ0) is 20.1. The van der Waals surface area contributed by atoms with Gasteiger partial charge in [0.15, 0.2) is 6.04 Å². The van der Waals surface area contributed by atoms with Crippen LogP contribution in [0.25, 0.3) is 0 Å². The van der Waals surface area contributed by atoms with Gasteiger partial charge in [-0.15, -0.1) is 0 Å². The lowest BCUT2D eigenvalue weighted by Crippen LogP contribution is -2.87. The first-order valence-corrected chi connectivity index (χ1v) is 9.85. The molecule has 144 valence electrons. The fraction of sp³-hybridized carbons (Fsp3) is 0.208. The third-order valence-corrected chi connectivity index (χ3v) is 5.22. The van der Waals surface area contributed by atoms with Gasteiger partial charge in [0.25, 0.3) is 5.91 Å². The van der Waals surface area contributed by atoms with Crippen LogP contribution in [0.15, 0.2) is 72.8 Å². The zero-order valence-corrected chi connectivity index (χ0v) is 17.2. The minimum atomic E-state index is -0.355. The van der Waals surface area contributed by atoms with E-state index in [4.69, 9.17) is 11.6 Å². The Labute approximate surface area is 171 Å². The monoisotopic (exact) mass is 393 g/mol. The minimum Gasteiger partial charge on any atom is -0.326 e. The summed E-state index contributed by atoms with van der Waals surface area (Å²) in [7, 11) is 0. The van der Waals surface area contributed by atoms with Gasteiger partial charge in [-0.05, 0) is 50.1 Å². The Hall–Kier alpha value is -2.62. The van der Waals surface area contributed by atoms with Gasteiger partial charge in [0.05, 0.1) is 0 Å². The molecule has 0 saturated heterocycles. The second-order valence-electron chi connectivity index (χ2n) is 7.23. The highest BCUT2D eigenvalue weighted by Gasteiger charge is 2.27. The van der Waals surface area contributed by atoms with Crippen molar-refractivity contribution in [2.75, 3.05) is 5.32 Å². The molecule has 3 aromatic carbocycles. The van der Waals surface area contributed by atoms with Gasteiger partial charge >= 0.3 is 0 Å². The number of nitrogens with one attached hydrogen (secondary N) is 1. The summed E-state index contributed by atoms with van der Waals surface area (Å²) in [5.41, 5.74) is 5.14. The number of quaternary nitrogens is 1. The standard InChI is InChI=1S/C24H25ClN2O/c1-16-9-10-17(2)22(15-16)27-24(28)23(20-7-5-4-6-8-20)26-18(3)19-11-13-21(25)14-12-19/h4-15,18,23,26H,1-3H3,(H,27,28)/p+1/t18-,23+/m1/s1. The van der Waals surface area contributed by atoms with Gasteiger partial charge in [0.2, 0.25) is 0 Å². The number of benzene rings is 3. The van der Waals surface area contributed by atoms with Crippen molar-refractivity contribution in [3.8, 4) is 0 Å². The molecular formula is C24H26ClN2O+. The molecule has 0 aromatic heterocycles. The van der Waals surface area contributed by atoms with E-state index in [2.05, 4.69) is 23.6 Å². The lowest BCUT2D eigenvalue weighted by atomic mass is 10.0. The van der Waals surface area contributed by atoms with Crippen molar-refractivity contribution in [2.24, 2.45) is 0 Å². The Morgan fingerprint density at radius 3 is 2.29 bits per heavy atom. The molecule has 0 aliphatic rings. The lowest BCUT2D eigenvalue weighted by molar-refractivity contribution is -0.718. The van der Waals surface area contributed by atoms with E-state index in [1.165, 1.54) is 0 Å². The summed E-state index contributed by atoms with van der Waals surface area (Å²) in [6.07, 6.45) is 0. The predicted octanol–water partition coefficient (Wildman–Crippen LogP) is 4.96. The molecular weight excluding hydrogens is 368 g/mol. The second-order valence-corrected chi connectivity index (χ2v) is 7.67. The summed E-state index contributed by atoms with van der Waals surface area (Å²) in [6, 6.07) is 23.5. The third-order valence-electron chi connectivity index (χ3n) is 4.97. The molecule has 0 heterocycles. The molecule has 3 nitrogen and oxygen atoms in total. The maximum absolute atomic E-state index is 13.2. The molecule has 28 heavy (non-hydrogen) atoms. The predicted molar refractivity (Wildman–Crippen MR) is 116 cm³/mol. The molecule has 0 fully saturated rings. The van der Waals surface area contributed by atoms with E-state index in [1.54, 1.807) is 0 Å². The van der Waals surface area contributed by atoms with Gasteiger partial charge in [0, 0.05) is 21.8 Å². The molecule has 3 aromatic rings. The van der Waals surface area contributed by atoms with Gasteiger partial charge in [-0.2, -0.15) is 0 Å². The van der Waals surface area contributed by atoms with Gasteiger partial charge in [-0.25, -0.2) is 0 Å². The first kappa shape index (κ1) is 20.1. The van der Waals surface area contributed by atoms with Gasteiger partial charge in [-0.1, -0.05) is 66.2 Å². The van der Waals surface area contributed by atoms with Crippen molar-refractivity contribution in [1.29, 1.82) is 0 Å². The van der Waals surface area contributed by atoms with Gasteiger partial charge in [-0.3, -0.25) is 4.79 Å². The first-order chi connectivity index (χ1) is 13.4. The van der Waals surface area contributed by atoms with Crippen LogP contribution in [0.3, 0.4) is 0 Å². The zero-order valence-electron chi connectivity index (χ0n) is 16.4. The summed E-state index contributed by atoms with van der Waals surface area (Å²) in [5.74, 6) is -0.0271. The number of rotatable bonds is 6.